The van der Waals surface area contributed by atoms with E-state index in [0.717, 1.165) is 33.5 Å². The number of hydrogen-bond donors (Lipinski definition) is 1. The molecule has 0 aliphatic heterocycles. The van der Waals surface area contributed by atoms with Crippen LogP contribution in [0.3, 0.4) is 0 Å². The van der Waals surface area contributed by atoms with Gasteiger partial charge in [-0.25, -0.2) is 0 Å². The fourth-order valence-electron chi connectivity index (χ4n) is 2.41. The highest BCUT2D eigenvalue weighted by Crippen LogP contribution is 2.28. The second-order valence-electron chi connectivity index (χ2n) is 4.96. The van der Waals surface area contributed by atoms with E-state index in [1.807, 2.05) is 60.8 Å². The van der Waals surface area contributed by atoms with Gasteiger partial charge < -0.3 is 4.74 Å². The van der Waals surface area contributed by atoms with Crippen molar-refractivity contribution >= 4 is 10.9 Å². The van der Waals surface area contributed by atoms with Crippen molar-refractivity contribution < 1.29 is 4.74 Å². The van der Waals surface area contributed by atoms with Crippen molar-refractivity contribution in [2.24, 2.45) is 0 Å². The highest BCUT2D eigenvalue weighted by molar-refractivity contribution is 5.92. The minimum atomic E-state index is 0.805. The van der Waals surface area contributed by atoms with Gasteiger partial charge in [-0.1, -0.05) is 30.3 Å². The first-order valence-electron chi connectivity index (χ1n) is 7.00. The molecule has 0 saturated carbocycles. The van der Waals surface area contributed by atoms with Crippen LogP contribution in [-0.4, -0.2) is 15.2 Å². The van der Waals surface area contributed by atoms with Crippen molar-refractivity contribution in [1.29, 1.82) is 0 Å². The second kappa shape index (κ2) is 5.33. The van der Waals surface area contributed by atoms with Gasteiger partial charge in [0.05, 0.1) is 11.7 Å². The van der Waals surface area contributed by atoms with Crippen LogP contribution in [0.25, 0.3) is 22.0 Å². The maximum atomic E-state index is 5.81. The monoisotopic (exact) mass is 287 g/mol. The van der Waals surface area contributed by atoms with Gasteiger partial charge in [-0.15, -0.1) is 0 Å². The lowest BCUT2D eigenvalue weighted by molar-refractivity contribution is 0.483. The third-order valence-electron chi connectivity index (χ3n) is 3.50. The number of rotatable bonds is 3. The summed E-state index contributed by atoms with van der Waals surface area (Å²) in [5.74, 6) is 1.63. The lowest BCUT2D eigenvalue weighted by Gasteiger charge is -2.07. The number of nitrogens with one attached hydrogen (secondary N) is 1. The largest absolute Gasteiger partial charge is 0.457 e. The number of para-hydroxylation sites is 1. The molecule has 0 atom stereocenters. The zero-order chi connectivity index (χ0) is 14.8. The van der Waals surface area contributed by atoms with Crippen LogP contribution in [0.1, 0.15) is 0 Å². The van der Waals surface area contributed by atoms with Crippen LogP contribution in [0.4, 0.5) is 0 Å². The smallest absolute Gasteiger partial charge is 0.127 e. The molecule has 2 aromatic heterocycles. The Hall–Kier alpha value is -3.14. The predicted octanol–water partition coefficient (Wildman–Crippen LogP) is 4.42. The summed E-state index contributed by atoms with van der Waals surface area (Å²) >= 11 is 0. The molecule has 0 saturated heterocycles. The first-order chi connectivity index (χ1) is 10.9. The Morgan fingerprint density at radius 2 is 1.55 bits per heavy atom. The summed E-state index contributed by atoms with van der Waals surface area (Å²) in [6.07, 6.45) is 5.42. The van der Waals surface area contributed by atoms with Crippen molar-refractivity contribution in [3.05, 3.63) is 73.2 Å². The van der Waals surface area contributed by atoms with E-state index in [9.17, 15) is 0 Å². The van der Waals surface area contributed by atoms with Gasteiger partial charge >= 0.3 is 0 Å². The molecule has 0 radical (unpaired) electrons. The molecule has 22 heavy (non-hydrogen) atoms. The Kier molecular flexibility index (Phi) is 3.05. The highest BCUT2D eigenvalue weighted by atomic mass is 16.5. The number of ether oxygens (including phenoxy) is 1. The first kappa shape index (κ1) is 12.6. The molecular formula is C18H13N3O. The van der Waals surface area contributed by atoms with Crippen molar-refractivity contribution in [2.45, 2.75) is 0 Å². The zero-order valence-electron chi connectivity index (χ0n) is 11.7. The molecule has 4 nitrogen and oxygen atoms in total. The second-order valence-corrected chi connectivity index (χ2v) is 4.96. The number of nitrogens with zero attached hydrogens (tertiary/aromatic N) is 2. The molecule has 0 amide bonds. The normalized spacial score (nSPS) is 10.7. The molecular weight excluding hydrogens is 274 g/mol. The SMILES string of the molecule is c1ccc(Oc2ccc(-c3cncc4cn[nH]c34)cc2)cc1. The molecule has 2 aromatic carbocycles. The summed E-state index contributed by atoms with van der Waals surface area (Å²) in [5, 5.41) is 8.09. The minimum absolute atomic E-state index is 0.805. The van der Waals surface area contributed by atoms with Crippen LogP contribution in [0.2, 0.25) is 0 Å². The number of aromatic amines is 1. The minimum Gasteiger partial charge on any atom is -0.457 e. The summed E-state index contributed by atoms with van der Waals surface area (Å²) in [6, 6.07) is 17.7. The van der Waals surface area contributed by atoms with Crippen molar-refractivity contribution in [3.63, 3.8) is 0 Å². The maximum Gasteiger partial charge on any atom is 0.127 e. The molecule has 0 fully saturated rings. The van der Waals surface area contributed by atoms with Gasteiger partial charge in [0.1, 0.15) is 11.5 Å². The molecule has 2 heterocycles. The first-order valence-corrected chi connectivity index (χ1v) is 7.00. The van der Waals surface area contributed by atoms with E-state index in [4.69, 9.17) is 4.74 Å². The van der Waals surface area contributed by atoms with E-state index in [0.29, 0.717) is 0 Å². The number of aromatic nitrogens is 3. The molecule has 4 heteroatoms. The lowest BCUT2D eigenvalue weighted by Crippen LogP contribution is -1.85. The standard InChI is InChI=1S/C18H13N3O/c1-2-4-15(5-3-1)22-16-8-6-13(7-9-16)17-12-19-10-14-11-20-21-18(14)17/h1-12H,(H,20,21). The Morgan fingerprint density at radius 1 is 0.773 bits per heavy atom. The summed E-state index contributed by atoms with van der Waals surface area (Å²) in [5.41, 5.74) is 3.09. The van der Waals surface area contributed by atoms with E-state index < -0.39 is 0 Å². The molecule has 0 spiro atoms. The van der Waals surface area contributed by atoms with Gasteiger partial charge in [0.15, 0.2) is 0 Å². The summed E-state index contributed by atoms with van der Waals surface area (Å²) in [6.45, 7) is 0. The van der Waals surface area contributed by atoms with Crippen molar-refractivity contribution in [2.75, 3.05) is 0 Å². The van der Waals surface area contributed by atoms with Crippen LogP contribution >= 0.6 is 0 Å². The lowest BCUT2D eigenvalue weighted by atomic mass is 10.1. The molecule has 1 N–H and O–H groups in total. The third-order valence-corrected chi connectivity index (χ3v) is 3.50. The topological polar surface area (TPSA) is 50.8 Å². The number of H-pyrrole nitrogens is 1. The summed E-state index contributed by atoms with van der Waals surface area (Å²) < 4.78 is 5.81. The van der Waals surface area contributed by atoms with Gasteiger partial charge in [-0.05, 0) is 29.8 Å². The van der Waals surface area contributed by atoms with Crippen molar-refractivity contribution in [1.82, 2.24) is 15.2 Å². The molecule has 0 unspecified atom stereocenters. The van der Waals surface area contributed by atoms with Crippen LogP contribution in [0.15, 0.2) is 73.2 Å². The molecule has 0 bridgehead atoms. The van der Waals surface area contributed by atoms with Crippen LogP contribution in [0.5, 0.6) is 11.5 Å². The third kappa shape index (κ3) is 2.31. The molecule has 4 rings (SSSR count). The van der Waals surface area contributed by atoms with Gasteiger partial charge in [0.2, 0.25) is 0 Å². The van der Waals surface area contributed by atoms with E-state index in [2.05, 4.69) is 15.2 Å². The summed E-state index contributed by atoms with van der Waals surface area (Å²) in [7, 11) is 0. The molecule has 0 aliphatic rings. The Balaban J connectivity index is 1.66. The van der Waals surface area contributed by atoms with Gasteiger partial charge in [0, 0.05) is 23.3 Å². The average molecular weight is 287 g/mol. The van der Waals surface area contributed by atoms with E-state index in [1.165, 1.54) is 0 Å². The van der Waals surface area contributed by atoms with Gasteiger partial charge in [0.25, 0.3) is 0 Å². The van der Waals surface area contributed by atoms with E-state index in [-0.39, 0.29) is 0 Å². The fourth-order valence-corrected chi connectivity index (χ4v) is 2.41. The van der Waals surface area contributed by atoms with Crippen LogP contribution in [-0.2, 0) is 0 Å². The van der Waals surface area contributed by atoms with E-state index in [1.54, 1.807) is 12.4 Å². The Labute approximate surface area is 127 Å². The van der Waals surface area contributed by atoms with Crippen molar-refractivity contribution in [3.8, 4) is 22.6 Å². The summed E-state index contributed by atoms with van der Waals surface area (Å²) in [4.78, 5) is 4.26. The number of fused-ring (bicyclic) bond motifs is 1. The number of benzene rings is 2. The zero-order valence-corrected chi connectivity index (χ0v) is 11.7. The van der Waals surface area contributed by atoms with E-state index >= 15 is 0 Å². The molecule has 4 aromatic rings. The Bertz CT molecular complexity index is 898. The quantitative estimate of drug-likeness (QED) is 0.607. The average Bonchev–Trinajstić information content (AvgIpc) is 3.05. The molecule has 0 aliphatic carbocycles. The Morgan fingerprint density at radius 3 is 2.36 bits per heavy atom. The fraction of sp³-hybridized carbons (Fsp3) is 0. The predicted molar refractivity (Wildman–Crippen MR) is 85.8 cm³/mol. The highest BCUT2D eigenvalue weighted by Gasteiger charge is 2.06. The number of pyridine rings is 1. The van der Waals surface area contributed by atoms with Gasteiger partial charge in [-0.2, -0.15) is 5.10 Å². The maximum absolute atomic E-state index is 5.81. The molecule has 106 valence electrons. The number of hydrogen-bond acceptors (Lipinski definition) is 3. The van der Waals surface area contributed by atoms with Crippen LogP contribution < -0.4 is 4.74 Å². The van der Waals surface area contributed by atoms with Crippen LogP contribution in [0, 0.1) is 0 Å². The van der Waals surface area contributed by atoms with Gasteiger partial charge in [-0.3, -0.25) is 10.1 Å².